The predicted octanol–water partition coefficient (Wildman–Crippen LogP) is 5.50. The van der Waals surface area contributed by atoms with Gasteiger partial charge in [0.1, 0.15) is 17.5 Å². The van der Waals surface area contributed by atoms with Gasteiger partial charge in [-0.1, -0.05) is 29.8 Å². The van der Waals surface area contributed by atoms with Gasteiger partial charge in [-0.15, -0.1) is 0 Å². The molecule has 7 nitrogen and oxygen atoms in total. The maximum Gasteiger partial charge on any atom is 0.267 e. The Balaban J connectivity index is 1.40. The Morgan fingerprint density at radius 2 is 1.86 bits per heavy atom. The summed E-state index contributed by atoms with van der Waals surface area (Å²) in [5.74, 6) is 1.24. The van der Waals surface area contributed by atoms with E-state index in [1.54, 1.807) is 12.3 Å². The molecule has 2 heterocycles. The highest BCUT2D eigenvalue weighted by Gasteiger charge is 2.26. The molecule has 1 saturated carbocycles. The standard InChI is InChI=1S/C25H28ClFN4O3S/c1-34-35(32,33)16-17-8-10-20(11-9-17)30-25-13-21(22(26)15-29-25)23-6-3-7-24(31-23)28-14-18-4-2-5-19(27)12-18/h2-7,12-13,15,17,20H,8-11,14,16H2,1H3,(H,28,31)(H,29,30). The number of rotatable bonds is 9. The van der Waals surface area contributed by atoms with Crippen LogP contribution in [0.15, 0.2) is 54.7 Å². The first kappa shape index (κ1) is 25.3. The molecule has 186 valence electrons. The second kappa shape index (κ2) is 11.3. The van der Waals surface area contributed by atoms with Crippen LogP contribution in [-0.4, -0.2) is 37.3 Å². The van der Waals surface area contributed by atoms with Crippen LogP contribution in [0.25, 0.3) is 11.3 Å². The molecule has 10 heteroatoms. The molecule has 2 aromatic heterocycles. The Kier molecular flexibility index (Phi) is 8.20. The van der Waals surface area contributed by atoms with Crippen LogP contribution in [0.1, 0.15) is 31.2 Å². The van der Waals surface area contributed by atoms with E-state index in [2.05, 4.69) is 24.8 Å². The average molecular weight is 519 g/mol. The van der Waals surface area contributed by atoms with Crippen LogP contribution in [-0.2, 0) is 20.8 Å². The number of benzene rings is 1. The van der Waals surface area contributed by atoms with E-state index in [0.717, 1.165) is 36.8 Å². The quantitative estimate of drug-likeness (QED) is 0.361. The van der Waals surface area contributed by atoms with Gasteiger partial charge in [-0.25, -0.2) is 14.4 Å². The molecular weight excluding hydrogens is 491 g/mol. The number of halogens is 2. The van der Waals surface area contributed by atoms with Crippen LogP contribution < -0.4 is 10.6 Å². The minimum atomic E-state index is -3.44. The summed E-state index contributed by atoms with van der Waals surface area (Å²) >= 11 is 6.45. The van der Waals surface area contributed by atoms with Crippen molar-refractivity contribution in [2.45, 2.75) is 38.3 Å². The molecule has 0 amide bonds. The van der Waals surface area contributed by atoms with Crippen molar-refractivity contribution in [1.29, 1.82) is 0 Å². The third-order valence-electron chi connectivity index (χ3n) is 6.14. The third-order valence-corrected chi connectivity index (χ3v) is 7.82. The molecule has 0 atom stereocenters. The Labute approximate surface area is 210 Å². The Bertz CT molecular complexity index is 1270. The number of nitrogens with zero attached hydrogens (tertiary/aromatic N) is 2. The van der Waals surface area contributed by atoms with Crippen molar-refractivity contribution in [3.8, 4) is 11.3 Å². The van der Waals surface area contributed by atoms with Crippen LogP contribution >= 0.6 is 11.6 Å². The summed E-state index contributed by atoms with van der Waals surface area (Å²) in [6.45, 7) is 0.444. The molecule has 0 unspecified atom stereocenters. The molecule has 0 spiro atoms. The molecule has 1 aliphatic rings. The first-order valence-electron chi connectivity index (χ1n) is 11.5. The Hall–Kier alpha value is -2.75. The maximum absolute atomic E-state index is 13.4. The third kappa shape index (κ3) is 7.13. The fraction of sp³-hybridized carbons (Fsp3) is 0.360. The fourth-order valence-electron chi connectivity index (χ4n) is 4.28. The van der Waals surface area contributed by atoms with Crippen LogP contribution in [0.2, 0.25) is 5.02 Å². The van der Waals surface area contributed by atoms with Gasteiger partial charge in [0.15, 0.2) is 0 Å². The van der Waals surface area contributed by atoms with Crippen LogP contribution in [0.4, 0.5) is 16.0 Å². The van der Waals surface area contributed by atoms with Crippen LogP contribution in [0.3, 0.4) is 0 Å². The van der Waals surface area contributed by atoms with Crippen molar-refractivity contribution >= 4 is 33.4 Å². The molecule has 0 radical (unpaired) electrons. The second-order valence-electron chi connectivity index (χ2n) is 8.69. The molecule has 2 N–H and O–H groups in total. The van der Waals surface area contributed by atoms with Crippen molar-refractivity contribution in [2.75, 3.05) is 23.5 Å². The number of aromatic nitrogens is 2. The van der Waals surface area contributed by atoms with Gasteiger partial charge in [0.2, 0.25) is 0 Å². The highest BCUT2D eigenvalue weighted by Crippen LogP contribution is 2.31. The smallest absolute Gasteiger partial charge is 0.267 e. The number of pyridine rings is 2. The zero-order valence-corrected chi connectivity index (χ0v) is 20.9. The molecule has 1 fully saturated rings. The molecule has 1 aliphatic carbocycles. The van der Waals surface area contributed by atoms with E-state index in [1.165, 1.54) is 19.2 Å². The van der Waals surface area contributed by atoms with E-state index in [0.29, 0.717) is 28.9 Å². The summed E-state index contributed by atoms with van der Waals surface area (Å²) in [7, 11) is -2.23. The summed E-state index contributed by atoms with van der Waals surface area (Å²) in [4.78, 5) is 9.09. The average Bonchev–Trinajstić information content (AvgIpc) is 2.85. The lowest BCUT2D eigenvalue weighted by Gasteiger charge is -2.29. The number of nitrogens with one attached hydrogen (secondary N) is 2. The molecule has 1 aromatic carbocycles. The summed E-state index contributed by atoms with van der Waals surface area (Å²) in [5, 5.41) is 7.16. The van der Waals surface area contributed by atoms with Gasteiger partial charge in [0, 0.05) is 24.3 Å². The topological polar surface area (TPSA) is 93.2 Å². The summed E-state index contributed by atoms with van der Waals surface area (Å²) in [5.41, 5.74) is 2.26. The fourth-order valence-corrected chi connectivity index (χ4v) is 5.52. The molecule has 4 rings (SSSR count). The van der Waals surface area contributed by atoms with Gasteiger partial charge in [0.05, 0.1) is 23.6 Å². The lowest BCUT2D eigenvalue weighted by molar-refractivity contribution is 0.340. The summed E-state index contributed by atoms with van der Waals surface area (Å²) in [6.07, 6.45) is 4.91. The Morgan fingerprint density at radius 1 is 1.09 bits per heavy atom. The van der Waals surface area contributed by atoms with Gasteiger partial charge >= 0.3 is 0 Å². The lowest BCUT2D eigenvalue weighted by Crippen LogP contribution is -2.29. The highest BCUT2D eigenvalue weighted by molar-refractivity contribution is 7.86. The first-order valence-corrected chi connectivity index (χ1v) is 13.4. The lowest BCUT2D eigenvalue weighted by atomic mass is 9.87. The minimum absolute atomic E-state index is 0.0643. The zero-order chi connectivity index (χ0) is 24.8. The number of hydrogen-bond acceptors (Lipinski definition) is 7. The van der Waals surface area contributed by atoms with Crippen molar-refractivity contribution in [3.05, 3.63) is 71.1 Å². The number of hydrogen-bond donors (Lipinski definition) is 2. The molecule has 35 heavy (non-hydrogen) atoms. The monoisotopic (exact) mass is 518 g/mol. The van der Waals surface area contributed by atoms with Gasteiger partial charge in [-0.05, 0) is 67.5 Å². The number of anilines is 2. The van der Waals surface area contributed by atoms with Crippen LogP contribution in [0.5, 0.6) is 0 Å². The predicted molar refractivity (Wildman–Crippen MR) is 136 cm³/mol. The summed E-state index contributed by atoms with van der Waals surface area (Å²) in [6, 6.07) is 14.1. The minimum Gasteiger partial charge on any atom is -0.367 e. The normalized spacial score (nSPS) is 18.3. The first-order chi connectivity index (χ1) is 16.8. The van der Waals surface area contributed by atoms with Crippen molar-refractivity contribution < 1.29 is 17.0 Å². The molecular formula is C25H28ClFN4O3S. The molecule has 0 saturated heterocycles. The van der Waals surface area contributed by atoms with Gasteiger partial charge in [0.25, 0.3) is 10.1 Å². The van der Waals surface area contributed by atoms with E-state index >= 15 is 0 Å². The maximum atomic E-state index is 13.4. The van der Waals surface area contributed by atoms with E-state index < -0.39 is 10.1 Å². The van der Waals surface area contributed by atoms with Crippen molar-refractivity contribution in [1.82, 2.24) is 9.97 Å². The largest absolute Gasteiger partial charge is 0.367 e. The van der Waals surface area contributed by atoms with Gasteiger partial charge < -0.3 is 10.6 Å². The molecule has 0 aliphatic heterocycles. The SMILES string of the molecule is COS(=O)(=O)CC1CCC(Nc2cc(-c3cccc(NCc4cccc(F)c4)n3)c(Cl)cn2)CC1. The van der Waals surface area contributed by atoms with E-state index in [4.69, 9.17) is 11.6 Å². The van der Waals surface area contributed by atoms with E-state index in [-0.39, 0.29) is 23.5 Å². The molecule has 0 bridgehead atoms. The molecule has 3 aromatic rings. The summed E-state index contributed by atoms with van der Waals surface area (Å²) < 4.78 is 41.4. The van der Waals surface area contributed by atoms with Gasteiger partial charge in [-0.3, -0.25) is 4.18 Å². The van der Waals surface area contributed by atoms with Crippen molar-refractivity contribution in [3.63, 3.8) is 0 Å². The van der Waals surface area contributed by atoms with Gasteiger partial charge in [-0.2, -0.15) is 8.42 Å². The highest BCUT2D eigenvalue weighted by atomic mass is 35.5. The second-order valence-corrected chi connectivity index (χ2v) is 10.9. The van der Waals surface area contributed by atoms with Crippen LogP contribution in [0, 0.1) is 11.7 Å². The zero-order valence-electron chi connectivity index (χ0n) is 19.4. The Morgan fingerprint density at radius 3 is 2.60 bits per heavy atom. The van der Waals surface area contributed by atoms with E-state index in [9.17, 15) is 12.8 Å². The van der Waals surface area contributed by atoms with E-state index in [1.807, 2.05) is 30.3 Å². The van der Waals surface area contributed by atoms with Crippen molar-refractivity contribution in [2.24, 2.45) is 5.92 Å².